The van der Waals surface area contributed by atoms with Crippen molar-refractivity contribution in [2.24, 2.45) is 0 Å². The van der Waals surface area contributed by atoms with E-state index in [9.17, 15) is 5.11 Å². The Morgan fingerprint density at radius 1 is 1.14 bits per heavy atom. The van der Waals surface area contributed by atoms with Crippen LogP contribution in [0.25, 0.3) is 0 Å². The Bertz CT molecular complexity index is 155. The Balaban J connectivity index is 2.22. The molecule has 14 heavy (non-hydrogen) atoms. The molecule has 0 aromatic heterocycles. The van der Waals surface area contributed by atoms with Crippen molar-refractivity contribution in [2.45, 2.75) is 13.2 Å². The fourth-order valence-electron chi connectivity index (χ4n) is 1.68. The minimum Gasteiger partial charge on any atom is -0.377 e. The summed E-state index contributed by atoms with van der Waals surface area (Å²) in [5.74, 6) is 0. The lowest BCUT2D eigenvalue weighted by Gasteiger charge is -2.35. The molecular weight excluding hydrogens is 178 g/mol. The van der Waals surface area contributed by atoms with Gasteiger partial charge in [0, 0.05) is 32.7 Å². The van der Waals surface area contributed by atoms with E-state index in [4.69, 9.17) is 0 Å². The van der Waals surface area contributed by atoms with E-state index in [0.29, 0.717) is 0 Å². The number of likely N-dealkylation sites (N-methyl/N-ethyl adjacent to an activating group) is 2. The van der Waals surface area contributed by atoms with Crippen LogP contribution >= 0.6 is 0 Å². The SMILES string of the molecule is CCN1CCN(C[C@@H](O)N(C)C)CC1. The second kappa shape index (κ2) is 5.66. The Kier molecular flexibility index (Phi) is 4.81. The molecule has 0 aromatic carbocycles. The average Bonchev–Trinajstić information content (AvgIpc) is 2.19. The molecule has 4 heteroatoms. The van der Waals surface area contributed by atoms with E-state index in [2.05, 4.69) is 16.7 Å². The highest BCUT2D eigenvalue weighted by molar-refractivity contribution is 4.72. The summed E-state index contributed by atoms with van der Waals surface area (Å²) in [6.45, 7) is 8.55. The molecule has 1 N–H and O–H groups in total. The topological polar surface area (TPSA) is 30.0 Å². The van der Waals surface area contributed by atoms with E-state index in [-0.39, 0.29) is 6.23 Å². The second-order valence-electron chi connectivity index (χ2n) is 4.18. The molecule has 84 valence electrons. The number of piperazine rings is 1. The number of β-amino-alcohol motifs (C(OH)–C–C–N with tert-alkyl or cyclic N) is 1. The van der Waals surface area contributed by atoms with Crippen LogP contribution in [0, 0.1) is 0 Å². The first-order valence-corrected chi connectivity index (χ1v) is 5.42. The maximum atomic E-state index is 9.67. The zero-order valence-electron chi connectivity index (χ0n) is 9.61. The van der Waals surface area contributed by atoms with Gasteiger partial charge in [0.2, 0.25) is 0 Å². The van der Waals surface area contributed by atoms with E-state index in [0.717, 1.165) is 39.3 Å². The van der Waals surface area contributed by atoms with Crippen LogP contribution in [0.2, 0.25) is 0 Å². The lowest BCUT2D eigenvalue weighted by atomic mass is 10.3. The van der Waals surface area contributed by atoms with Gasteiger partial charge in [-0.1, -0.05) is 6.92 Å². The van der Waals surface area contributed by atoms with Gasteiger partial charge in [-0.3, -0.25) is 9.80 Å². The monoisotopic (exact) mass is 201 g/mol. The van der Waals surface area contributed by atoms with Crippen LogP contribution < -0.4 is 0 Å². The van der Waals surface area contributed by atoms with Gasteiger partial charge in [-0.15, -0.1) is 0 Å². The number of hydrogen-bond acceptors (Lipinski definition) is 4. The molecule has 1 saturated heterocycles. The molecule has 1 aliphatic rings. The van der Waals surface area contributed by atoms with Gasteiger partial charge >= 0.3 is 0 Å². The fourth-order valence-corrected chi connectivity index (χ4v) is 1.68. The van der Waals surface area contributed by atoms with Gasteiger partial charge < -0.3 is 10.0 Å². The van der Waals surface area contributed by atoms with Gasteiger partial charge in [0.1, 0.15) is 6.23 Å². The minimum absolute atomic E-state index is 0.330. The smallest absolute Gasteiger partial charge is 0.119 e. The normalized spacial score (nSPS) is 22.9. The summed E-state index contributed by atoms with van der Waals surface area (Å²) in [6.07, 6.45) is -0.330. The summed E-state index contributed by atoms with van der Waals surface area (Å²) in [4.78, 5) is 6.63. The molecular formula is C10H23N3O. The number of aliphatic hydroxyl groups excluding tert-OH is 1. The molecule has 1 atom stereocenters. The van der Waals surface area contributed by atoms with Crippen molar-refractivity contribution < 1.29 is 5.11 Å². The Morgan fingerprint density at radius 2 is 1.64 bits per heavy atom. The lowest BCUT2D eigenvalue weighted by molar-refractivity contribution is -0.00301. The Labute approximate surface area is 87.1 Å². The van der Waals surface area contributed by atoms with Crippen molar-refractivity contribution in [3.63, 3.8) is 0 Å². The zero-order valence-corrected chi connectivity index (χ0v) is 9.61. The van der Waals surface area contributed by atoms with Crippen molar-refractivity contribution >= 4 is 0 Å². The number of hydrogen-bond donors (Lipinski definition) is 1. The van der Waals surface area contributed by atoms with Crippen molar-refractivity contribution in [3.05, 3.63) is 0 Å². The standard InChI is InChI=1S/C10H23N3O/c1-4-12-5-7-13(8-6-12)9-10(14)11(2)3/h10,14H,4-9H2,1-3H3/t10-/m1/s1. The summed E-state index contributed by atoms with van der Waals surface area (Å²) in [7, 11) is 3.82. The molecule has 0 unspecified atom stereocenters. The van der Waals surface area contributed by atoms with Gasteiger partial charge in [-0.25, -0.2) is 0 Å². The fraction of sp³-hybridized carbons (Fsp3) is 1.00. The van der Waals surface area contributed by atoms with Crippen LogP contribution in [0.3, 0.4) is 0 Å². The predicted octanol–water partition coefficient (Wildman–Crippen LogP) is -0.496. The van der Waals surface area contributed by atoms with Crippen LogP contribution in [-0.2, 0) is 0 Å². The number of aliphatic hydroxyl groups is 1. The molecule has 1 heterocycles. The highest BCUT2D eigenvalue weighted by atomic mass is 16.3. The van der Waals surface area contributed by atoms with Gasteiger partial charge in [0.15, 0.2) is 0 Å². The summed E-state index contributed by atoms with van der Waals surface area (Å²) in [5, 5.41) is 9.67. The van der Waals surface area contributed by atoms with Crippen LogP contribution in [0.4, 0.5) is 0 Å². The van der Waals surface area contributed by atoms with Crippen molar-refractivity contribution in [2.75, 3.05) is 53.4 Å². The van der Waals surface area contributed by atoms with Crippen molar-refractivity contribution in [1.29, 1.82) is 0 Å². The summed E-state index contributed by atoms with van der Waals surface area (Å²) < 4.78 is 0. The van der Waals surface area contributed by atoms with Crippen LogP contribution in [-0.4, -0.2) is 79.4 Å². The van der Waals surface area contributed by atoms with Gasteiger partial charge in [0.05, 0.1) is 0 Å². The van der Waals surface area contributed by atoms with Crippen LogP contribution in [0.5, 0.6) is 0 Å². The first-order chi connectivity index (χ1) is 6.63. The molecule has 1 aliphatic heterocycles. The molecule has 0 bridgehead atoms. The molecule has 0 radical (unpaired) electrons. The molecule has 0 aliphatic carbocycles. The van der Waals surface area contributed by atoms with E-state index < -0.39 is 0 Å². The van der Waals surface area contributed by atoms with Crippen molar-refractivity contribution in [1.82, 2.24) is 14.7 Å². The molecule has 1 fully saturated rings. The van der Waals surface area contributed by atoms with Gasteiger partial charge in [0.25, 0.3) is 0 Å². The molecule has 0 saturated carbocycles. The van der Waals surface area contributed by atoms with Gasteiger partial charge in [-0.05, 0) is 20.6 Å². The molecule has 0 aromatic rings. The van der Waals surface area contributed by atoms with E-state index in [1.807, 2.05) is 19.0 Å². The lowest BCUT2D eigenvalue weighted by Crippen LogP contribution is -2.50. The first-order valence-electron chi connectivity index (χ1n) is 5.42. The molecule has 0 spiro atoms. The summed E-state index contributed by atoms with van der Waals surface area (Å²) in [5.41, 5.74) is 0. The number of rotatable bonds is 4. The van der Waals surface area contributed by atoms with E-state index >= 15 is 0 Å². The van der Waals surface area contributed by atoms with E-state index in [1.165, 1.54) is 0 Å². The Hall–Kier alpha value is -0.160. The second-order valence-corrected chi connectivity index (χ2v) is 4.18. The third-order valence-corrected chi connectivity index (χ3v) is 2.93. The third kappa shape index (κ3) is 3.53. The summed E-state index contributed by atoms with van der Waals surface area (Å²) >= 11 is 0. The number of nitrogens with zero attached hydrogens (tertiary/aromatic N) is 3. The minimum atomic E-state index is -0.330. The predicted molar refractivity (Wildman–Crippen MR) is 58.2 cm³/mol. The first kappa shape index (κ1) is 11.9. The maximum absolute atomic E-state index is 9.67. The largest absolute Gasteiger partial charge is 0.377 e. The van der Waals surface area contributed by atoms with Crippen molar-refractivity contribution in [3.8, 4) is 0 Å². The molecule has 0 amide bonds. The third-order valence-electron chi connectivity index (χ3n) is 2.93. The van der Waals surface area contributed by atoms with E-state index in [1.54, 1.807) is 0 Å². The highest BCUT2D eigenvalue weighted by Crippen LogP contribution is 2.02. The zero-order chi connectivity index (χ0) is 10.6. The molecule has 1 rings (SSSR count). The Morgan fingerprint density at radius 3 is 2.07 bits per heavy atom. The summed E-state index contributed by atoms with van der Waals surface area (Å²) in [6, 6.07) is 0. The van der Waals surface area contributed by atoms with Crippen LogP contribution in [0.15, 0.2) is 0 Å². The van der Waals surface area contributed by atoms with Gasteiger partial charge in [-0.2, -0.15) is 0 Å². The maximum Gasteiger partial charge on any atom is 0.119 e. The highest BCUT2D eigenvalue weighted by Gasteiger charge is 2.18. The molecule has 4 nitrogen and oxygen atoms in total. The average molecular weight is 201 g/mol. The quantitative estimate of drug-likeness (QED) is 0.621. The van der Waals surface area contributed by atoms with Crippen LogP contribution in [0.1, 0.15) is 6.92 Å².